The lowest BCUT2D eigenvalue weighted by atomic mass is 10.2. The van der Waals surface area contributed by atoms with Gasteiger partial charge in [0.2, 0.25) is 0 Å². The second-order valence-electron chi connectivity index (χ2n) is 3.99. The Balaban J connectivity index is 2.42. The van der Waals surface area contributed by atoms with Crippen LogP contribution in [0.25, 0.3) is 0 Å². The number of rotatable bonds is 7. The van der Waals surface area contributed by atoms with Gasteiger partial charge in [0.25, 0.3) is 5.91 Å². The summed E-state index contributed by atoms with van der Waals surface area (Å²) in [6.45, 7) is 1.52. The first-order chi connectivity index (χ1) is 9.02. The third kappa shape index (κ3) is 5.37. The number of benzene rings is 1. The molecular weight excluding hydrogens is 253 g/mol. The molecule has 104 valence electrons. The van der Waals surface area contributed by atoms with Crippen molar-refractivity contribution in [2.75, 3.05) is 6.61 Å². The first-order valence-corrected chi connectivity index (χ1v) is 5.93. The third-order valence-corrected chi connectivity index (χ3v) is 2.39. The third-order valence-electron chi connectivity index (χ3n) is 2.39. The van der Waals surface area contributed by atoms with Crippen molar-refractivity contribution in [2.45, 2.75) is 25.8 Å². The Kier molecular flexibility index (Phi) is 5.78. The van der Waals surface area contributed by atoms with Gasteiger partial charge in [0.05, 0.1) is 0 Å². The van der Waals surface area contributed by atoms with Crippen molar-refractivity contribution in [2.24, 2.45) is 0 Å². The zero-order chi connectivity index (χ0) is 14.3. The van der Waals surface area contributed by atoms with Crippen LogP contribution in [0.15, 0.2) is 24.3 Å². The molecular formula is C13H16FNO4. The van der Waals surface area contributed by atoms with E-state index < -0.39 is 23.7 Å². The summed E-state index contributed by atoms with van der Waals surface area (Å²) in [6, 6.07) is 4.30. The molecule has 1 atom stereocenters. The van der Waals surface area contributed by atoms with Gasteiger partial charge in [-0.2, -0.15) is 0 Å². The molecule has 0 fully saturated rings. The average Bonchev–Trinajstić information content (AvgIpc) is 2.37. The van der Waals surface area contributed by atoms with E-state index in [2.05, 4.69) is 5.32 Å². The molecule has 5 nitrogen and oxygen atoms in total. The Morgan fingerprint density at radius 3 is 2.53 bits per heavy atom. The summed E-state index contributed by atoms with van der Waals surface area (Å²) in [7, 11) is 0. The Morgan fingerprint density at radius 2 is 2.00 bits per heavy atom. The molecule has 0 saturated heterocycles. The zero-order valence-corrected chi connectivity index (χ0v) is 10.6. The summed E-state index contributed by atoms with van der Waals surface area (Å²) >= 11 is 0. The molecule has 0 aromatic heterocycles. The molecule has 0 aliphatic carbocycles. The lowest BCUT2D eigenvalue weighted by molar-refractivity contribution is -0.142. The molecule has 6 heteroatoms. The zero-order valence-electron chi connectivity index (χ0n) is 10.6. The Hall–Kier alpha value is -2.11. The van der Waals surface area contributed by atoms with Gasteiger partial charge < -0.3 is 15.2 Å². The van der Waals surface area contributed by atoms with Crippen LogP contribution in [0.1, 0.15) is 19.8 Å². The second kappa shape index (κ2) is 7.35. The van der Waals surface area contributed by atoms with Gasteiger partial charge in [-0.05, 0) is 30.7 Å². The van der Waals surface area contributed by atoms with Crippen molar-refractivity contribution in [3.05, 3.63) is 30.1 Å². The number of carboxylic acids is 1. The van der Waals surface area contributed by atoms with Crippen molar-refractivity contribution in [3.63, 3.8) is 0 Å². The number of ether oxygens (including phenoxy) is 1. The fourth-order valence-corrected chi connectivity index (χ4v) is 1.46. The highest BCUT2D eigenvalue weighted by Gasteiger charge is 2.18. The quantitative estimate of drug-likeness (QED) is 0.788. The minimum atomic E-state index is -1.07. The van der Waals surface area contributed by atoms with Crippen LogP contribution in [0.5, 0.6) is 5.75 Å². The van der Waals surface area contributed by atoms with Crippen LogP contribution in [0.4, 0.5) is 4.39 Å². The van der Waals surface area contributed by atoms with Crippen LogP contribution in [0.2, 0.25) is 0 Å². The van der Waals surface area contributed by atoms with E-state index in [1.54, 1.807) is 0 Å². The molecule has 0 heterocycles. The van der Waals surface area contributed by atoms with Crippen LogP contribution in [0.3, 0.4) is 0 Å². The van der Waals surface area contributed by atoms with Crippen LogP contribution in [0, 0.1) is 5.82 Å². The highest BCUT2D eigenvalue weighted by atomic mass is 19.1. The van der Waals surface area contributed by atoms with Crippen LogP contribution < -0.4 is 10.1 Å². The molecule has 0 aliphatic heterocycles. The van der Waals surface area contributed by atoms with E-state index in [-0.39, 0.29) is 6.61 Å². The van der Waals surface area contributed by atoms with E-state index in [4.69, 9.17) is 9.84 Å². The first-order valence-electron chi connectivity index (χ1n) is 5.93. The van der Waals surface area contributed by atoms with Gasteiger partial charge in [0.1, 0.15) is 17.6 Å². The number of amides is 1. The van der Waals surface area contributed by atoms with Gasteiger partial charge in [0, 0.05) is 0 Å². The molecule has 0 unspecified atom stereocenters. The fourth-order valence-electron chi connectivity index (χ4n) is 1.46. The van der Waals surface area contributed by atoms with E-state index in [9.17, 15) is 14.0 Å². The molecule has 0 bridgehead atoms. The van der Waals surface area contributed by atoms with E-state index in [1.807, 2.05) is 6.92 Å². The molecule has 1 amide bonds. The minimum absolute atomic E-state index is 0.306. The molecule has 0 radical (unpaired) electrons. The van der Waals surface area contributed by atoms with Crippen molar-refractivity contribution < 1.29 is 23.8 Å². The van der Waals surface area contributed by atoms with Crippen LogP contribution in [-0.2, 0) is 9.59 Å². The van der Waals surface area contributed by atoms with Crippen molar-refractivity contribution in [3.8, 4) is 5.75 Å². The molecule has 0 saturated carbocycles. The number of carboxylic acid groups (broad SMARTS) is 1. The van der Waals surface area contributed by atoms with Gasteiger partial charge in [-0.3, -0.25) is 4.79 Å². The number of nitrogens with one attached hydrogen (secondary N) is 1. The Bertz CT molecular complexity index is 433. The van der Waals surface area contributed by atoms with E-state index in [0.717, 1.165) is 0 Å². The Morgan fingerprint density at radius 1 is 1.37 bits per heavy atom. The summed E-state index contributed by atoms with van der Waals surface area (Å²) in [5, 5.41) is 11.2. The lowest BCUT2D eigenvalue weighted by Crippen LogP contribution is -2.42. The Labute approximate surface area is 110 Å². The maximum atomic E-state index is 12.6. The maximum Gasteiger partial charge on any atom is 0.326 e. The van der Waals surface area contributed by atoms with Crippen molar-refractivity contribution in [1.82, 2.24) is 5.32 Å². The standard InChI is InChI=1S/C13H16FNO4/c1-2-3-11(13(17)18)15-12(16)8-19-10-6-4-9(14)5-7-10/h4-7,11H,2-3,8H2,1H3,(H,15,16)(H,17,18)/t11-/m0/s1. The maximum absolute atomic E-state index is 12.6. The van der Waals surface area contributed by atoms with E-state index >= 15 is 0 Å². The van der Waals surface area contributed by atoms with Gasteiger partial charge in [-0.15, -0.1) is 0 Å². The van der Waals surface area contributed by atoms with Gasteiger partial charge in [-0.1, -0.05) is 13.3 Å². The number of carbonyl (C=O) groups is 2. The molecule has 0 spiro atoms. The number of hydrogen-bond donors (Lipinski definition) is 2. The monoisotopic (exact) mass is 269 g/mol. The number of hydrogen-bond acceptors (Lipinski definition) is 3. The van der Waals surface area contributed by atoms with Gasteiger partial charge in [0.15, 0.2) is 6.61 Å². The minimum Gasteiger partial charge on any atom is -0.484 e. The largest absolute Gasteiger partial charge is 0.484 e. The number of halogens is 1. The average molecular weight is 269 g/mol. The topological polar surface area (TPSA) is 75.6 Å². The lowest BCUT2D eigenvalue weighted by Gasteiger charge is -2.13. The predicted molar refractivity (Wildman–Crippen MR) is 66.4 cm³/mol. The number of carbonyl (C=O) groups excluding carboxylic acids is 1. The summed E-state index contributed by atoms with van der Waals surface area (Å²) in [4.78, 5) is 22.3. The second-order valence-corrected chi connectivity index (χ2v) is 3.99. The number of aliphatic carboxylic acids is 1. The summed E-state index contributed by atoms with van der Waals surface area (Å²) in [5.41, 5.74) is 0. The van der Waals surface area contributed by atoms with Crippen LogP contribution in [-0.4, -0.2) is 29.6 Å². The first kappa shape index (κ1) is 14.9. The normalized spacial score (nSPS) is 11.7. The molecule has 1 aromatic rings. The highest BCUT2D eigenvalue weighted by Crippen LogP contribution is 2.10. The van der Waals surface area contributed by atoms with Gasteiger partial charge in [-0.25, -0.2) is 9.18 Å². The molecule has 2 N–H and O–H groups in total. The predicted octanol–water partition coefficient (Wildman–Crippen LogP) is 1.57. The van der Waals surface area contributed by atoms with E-state index in [0.29, 0.717) is 18.6 Å². The molecule has 1 aromatic carbocycles. The molecule has 1 rings (SSSR count). The van der Waals surface area contributed by atoms with Gasteiger partial charge >= 0.3 is 5.97 Å². The SMILES string of the molecule is CCC[C@H](NC(=O)COc1ccc(F)cc1)C(=O)O. The molecule has 19 heavy (non-hydrogen) atoms. The van der Waals surface area contributed by atoms with Crippen LogP contribution >= 0.6 is 0 Å². The summed E-state index contributed by atoms with van der Waals surface area (Å²) in [6.07, 6.45) is 1.01. The summed E-state index contributed by atoms with van der Waals surface area (Å²) < 4.78 is 17.7. The smallest absolute Gasteiger partial charge is 0.326 e. The highest BCUT2D eigenvalue weighted by molar-refractivity contribution is 5.84. The van der Waals surface area contributed by atoms with E-state index in [1.165, 1.54) is 24.3 Å². The fraction of sp³-hybridized carbons (Fsp3) is 0.385. The summed E-state index contributed by atoms with van der Waals surface area (Å²) in [5.74, 6) is -1.65. The van der Waals surface area contributed by atoms with Crippen molar-refractivity contribution >= 4 is 11.9 Å². The van der Waals surface area contributed by atoms with Crippen molar-refractivity contribution in [1.29, 1.82) is 0 Å². The molecule has 0 aliphatic rings.